The average molecular weight is 271 g/mol. The van der Waals surface area contributed by atoms with E-state index in [1.165, 1.54) is 0 Å². The van der Waals surface area contributed by atoms with Crippen LogP contribution in [0.5, 0.6) is 11.5 Å². The molecule has 0 unspecified atom stereocenters. The molecule has 0 amide bonds. The van der Waals surface area contributed by atoms with Crippen molar-refractivity contribution in [3.8, 4) is 11.5 Å². The summed E-state index contributed by atoms with van der Waals surface area (Å²) in [5.41, 5.74) is 1.78. The van der Waals surface area contributed by atoms with Gasteiger partial charge in [-0.1, -0.05) is 38.1 Å². The third-order valence-corrected chi connectivity index (χ3v) is 3.37. The van der Waals surface area contributed by atoms with Gasteiger partial charge in [0.2, 0.25) is 0 Å². The Kier molecular flexibility index (Phi) is 3.66. The van der Waals surface area contributed by atoms with Gasteiger partial charge in [-0.25, -0.2) is 0 Å². The van der Waals surface area contributed by atoms with E-state index in [0.717, 1.165) is 11.1 Å². The highest BCUT2D eigenvalue weighted by Crippen LogP contribution is 2.33. The van der Waals surface area contributed by atoms with E-state index in [1.54, 1.807) is 24.3 Å². The van der Waals surface area contributed by atoms with Crippen LogP contribution in [-0.2, 0) is 5.41 Å². The van der Waals surface area contributed by atoms with Crippen molar-refractivity contribution in [3.63, 3.8) is 0 Å². The first kappa shape index (κ1) is 13.9. The van der Waals surface area contributed by atoms with Crippen LogP contribution in [0.2, 0.25) is 0 Å². The second-order valence-corrected chi connectivity index (χ2v) is 5.05. The van der Waals surface area contributed by atoms with Gasteiger partial charge in [0.15, 0.2) is 0 Å². The van der Waals surface area contributed by atoms with E-state index in [-0.39, 0.29) is 16.9 Å². The third-order valence-electron chi connectivity index (χ3n) is 3.37. The van der Waals surface area contributed by atoms with Gasteiger partial charge in [-0.15, -0.1) is 0 Å². The molecule has 0 fully saturated rings. The van der Waals surface area contributed by atoms with Crippen molar-refractivity contribution in [1.82, 2.24) is 0 Å². The Bertz CT molecular complexity index is 597. The highest BCUT2D eigenvalue weighted by molar-refractivity contribution is 5.58. The van der Waals surface area contributed by atoms with Crippen LogP contribution in [0.3, 0.4) is 0 Å². The summed E-state index contributed by atoms with van der Waals surface area (Å²) >= 11 is 0. The summed E-state index contributed by atoms with van der Waals surface area (Å²) in [5, 5.41) is 19.7. The molecule has 0 radical (unpaired) electrons. The topological polar surface area (TPSA) is 69.6 Å². The van der Waals surface area contributed by atoms with E-state index in [9.17, 15) is 15.0 Å². The molecule has 0 aliphatic heterocycles. The van der Waals surface area contributed by atoms with Crippen molar-refractivity contribution in [2.75, 3.05) is 0 Å². The molecule has 0 aliphatic carbocycles. The van der Waals surface area contributed by atoms with E-state index in [4.69, 9.17) is 0 Å². The first-order valence-corrected chi connectivity index (χ1v) is 6.18. The second-order valence-electron chi connectivity index (χ2n) is 5.05. The van der Waals surface area contributed by atoms with Gasteiger partial charge in [0, 0.05) is 5.41 Å². The van der Waals surface area contributed by atoms with Crippen LogP contribution < -0.4 is 9.84 Å². The molecule has 4 heteroatoms. The van der Waals surface area contributed by atoms with E-state index in [0.29, 0.717) is 0 Å². The lowest BCUT2D eigenvalue weighted by atomic mass is 9.78. The van der Waals surface area contributed by atoms with Gasteiger partial charge in [-0.2, -0.15) is 0 Å². The van der Waals surface area contributed by atoms with Gasteiger partial charge in [0.1, 0.15) is 5.75 Å². The molecule has 0 saturated heterocycles. The van der Waals surface area contributed by atoms with Crippen LogP contribution in [0.4, 0.5) is 4.79 Å². The van der Waals surface area contributed by atoms with Crippen LogP contribution in [0.15, 0.2) is 48.5 Å². The van der Waals surface area contributed by atoms with Crippen molar-refractivity contribution in [2.24, 2.45) is 0 Å². The lowest BCUT2D eigenvalue weighted by molar-refractivity contribution is -0.271. The summed E-state index contributed by atoms with van der Waals surface area (Å²) in [7, 11) is 0. The van der Waals surface area contributed by atoms with Crippen molar-refractivity contribution in [2.45, 2.75) is 19.3 Å². The number of phenols is 1. The van der Waals surface area contributed by atoms with Crippen LogP contribution in [0, 0.1) is 0 Å². The minimum atomic E-state index is -1.57. The smallest absolute Gasteiger partial charge is 0.257 e. The zero-order chi connectivity index (χ0) is 14.8. The van der Waals surface area contributed by atoms with Crippen LogP contribution in [-0.4, -0.2) is 11.3 Å². The average Bonchev–Trinajstić information content (AvgIpc) is 2.39. The lowest BCUT2D eigenvalue weighted by Crippen LogP contribution is -2.26. The minimum absolute atomic E-state index is 0.224. The Hall–Kier alpha value is -2.49. The van der Waals surface area contributed by atoms with Crippen molar-refractivity contribution in [1.29, 1.82) is 0 Å². The fraction of sp³-hybridized carbons (Fsp3) is 0.188. The van der Waals surface area contributed by atoms with Crippen molar-refractivity contribution in [3.05, 3.63) is 59.7 Å². The molecule has 0 bridgehead atoms. The SMILES string of the molecule is CC(C)(c1ccc(O)cc1)c1ccc(OC(=O)[O-])cc1. The predicted octanol–water partition coefficient (Wildman–Crippen LogP) is 2.44. The molecule has 0 heterocycles. The summed E-state index contributed by atoms with van der Waals surface area (Å²) in [6.45, 7) is 4.10. The largest absolute Gasteiger partial charge is 0.514 e. The molecule has 0 aromatic heterocycles. The second kappa shape index (κ2) is 5.25. The molecular formula is C16H15O4-. The molecule has 2 aromatic carbocycles. The zero-order valence-corrected chi connectivity index (χ0v) is 11.3. The number of hydrogen-bond acceptors (Lipinski definition) is 4. The number of benzene rings is 2. The lowest BCUT2D eigenvalue weighted by Gasteiger charge is -2.26. The highest BCUT2D eigenvalue weighted by Gasteiger charge is 2.22. The van der Waals surface area contributed by atoms with Gasteiger partial charge < -0.3 is 19.7 Å². The molecule has 2 aromatic rings. The molecule has 0 spiro atoms. The molecule has 0 aliphatic rings. The number of hydrogen-bond donors (Lipinski definition) is 1. The fourth-order valence-corrected chi connectivity index (χ4v) is 2.08. The van der Waals surface area contributed by atoms with Crippen molar-refractivity contribution >= 4 is 6.16 Å². The normalized spacial score (nSPS) is 11.1. The maximum atomic E-state index is 10.3. The number of carbonyl (C=O) groups is 1. The molecule has 1 N–H and O–H groups in total. The Labute approximate surface area is 117 Å². The Morgan fingerprint density at radius 3 is 1.90 bits per heavy atom. The van der Waals surface area contributed by atoms with Crippen molar-refractivity contribution < 1.29 is 19.7 Å². The van der Waals surface area contributed by atoms with E-state index in [1.807, 2.05) is 38.1 Å². The zero-order valence-electron chi connectivity index (χ0n) is 11.3. The van der Waals surface area contributed by atoms with Crippen LogP contribution >= 0.6 is 0 Å². The van der Waals surface area contributed by atoms with E-state index in [2.05, 4.69) is 4.74 Å². The Balaban J connectivity index is 2.29. The number of aromatic hydroxyl groups is 1. The summed E-state index contributed by atoms with van der Waals surface area (Å²) in [5.74, 6) is 0.456. The van der Waals surface area contributed by atoms with Gasteiger partial charge in [0.25, 0.3) is 6.16 Å². The first-order chi connectivity index (χ1) is 9.39. The van der Waals surface area contributed by atoms with Gasteiger partial charge >= 0.3 is 0 Å². The molecule has 0 saturated carbocycles. The maximum Gasteiger partial charge on any atom is 0.257 e. The molecule has 0 atom stereocenters. The van der Waals surface area contributed by atoms with Crippen LogP contribution in [0.25, 0.3) is 0 Å². The third kappa shape index (κ3) is 2.91. The standard InChI is InChI=1S/C16H16O4/c1-16(2,11-3-7-13(17)8-4-11)12-5-9-14(10-6-12)20-15(18)19/h3-10,17H,1-2H3,(H,18,19)/p-1. The minimum Gasteiger partial charge on any atom is -0.514 e. The number of rotatable bonds is 3. The summed E-state index contributed by atoms with van der Waals surface area (Å²) in [4.78, 5) is 10.3. The maximum absolute atomic E-state index is 10.3. The number of phenolic OH excluding ortho intramolecular Hbond substituents is 1. The van der Waals surface area contributed by atoms with Crippen LogP contribution in [0.1, 0.15) is 25.0 Å². The van der Waals surface area contributed by atoms with E-state index < -0.39 is 6.16 Å². The highest BCUT2D eigenvalue weighted by atomic mass is 16.7. The molecule has 4 nitrogen and oxygen atoms in total. The summed E-state index contributed by atoms with van der Waals surface area (Å²) < 4.78 is 4.48. The summed E-state index contributed by atoms with van der Waals surface area (Å²) in [6, 6.07) is 13.8. The Morgan fingerprint density at radius 1 is 1.00 bits per heavy atom. The van der Waals surface area contributed by atoms with Gasteiger partial charge in [-0.05, 0) is 35.4 Å². The Morgan fingerprint density at radius 2 is 1.45 bits per heavy atom. The van der Waals surface area contributed by atoms with E-state index >= 15 is 0 Å². The number of ether oxygens (including phenoxy) is 1. The predicted molar refractivity (Wildman–Crippen MR) is 72.7 cm³/mol. The molecule has 2 rings (SSSR count). The quantitative estimate of drug-likeness (QED) is 0.687. The molecular weight excluding hydrogens is 256 g/mol. The first-order valence-electron chi connectivity index (χ1n) is 6.18. The molecule has 104 valence electrons. The number of carbonyl (C=O) groups excluding carboxylic acids is 1. The number of carboxylic acid groups (broad SMARTS) is 1. The van der Waals surface area contributed by atoms with Gasteiger partial charge in [0.05, 0.1) is 5.75 Å². The monoisotopic (exact) mass is 271 g/mol. The summed E-state index contributed by atoms with van der Waals surface area (Å²) in [6.07, 6.45) is -1.57. The molecule has 20 heavy (non-hydrogen) atoms. The fourth-order valence-electron chi connectivity index (χ4n) is 2.08. The van der Waals surface area contributed by atoms with Gasteiger partial charge in [-0.3, -0.25) is 0 Å².